The molecule has 1 fully saturated rings. The van der Waals surface area contributed by atoms with Crippen molar-refractivity contribution in [3.05, 3.63) is 23.5 Å². The summed E-state index contributed by atoms with van der Waals surface area (Å²) in [5, 5.41) is 3.25. The summed E-state index contributed by atoms with van der Waals surface area (Å²) in [6.07, 6.45) is -1.19. The fourth-order valence-electron chi connectivity index (χ4n) is 2.19. The molecule has 0 amide bonds. The van der Waals surface area contributed by atoms with Crippen molar-refractivity contribution >= 4 is 0 Å². The maximum atomic E-state index is 12.5. The van der Waals surface area contributed by atoms with Crippen molar-refractivity contribution in [2.24, 2.45) is 5.92 Å². The summed E-state index contributed by atoms with van der Waals surface area (Å²) in [5.74, 6) is 0.868. The Balaban J connectivity index is 1.96. The van der Waals surface area contributed by atoms with Crippen molar-refractivity contribution in [3.8, 4) is 5.75 Å². The van der Waals surface area contributed by atoms with Gasteiger partial charge in [-0.1, -0.05) is 0 Å². The third-order valence-electron chi connectivity index (χ3n) is 3.27. The lowest BCUT2D eigenvalue weighted by atomic mass is 9.99. The number of halogens is 3. The molecule has 6 heteroatoms. The second-order valence-electron chi connectivity index (χ2n) is 4.84. The Hall–Kier alpha value is -1.30. The van der Waals surface area contributed by atoms with Gasteiger partial charge in [0.1, 0.15) is 11.4 Å². The third kappa shape index (κ3) is 3.83. The number of rotatable bonds is 3. The number of aromatic nitrogens is 1. The maximum absolute atomic E-state index is 12.5. The number of pyridine rings is 1. The fraction of sp³-hybridized carbons (Fsp3) is 0.615. The molecule has 3 nitrogen and oxygen atoms in total. The van der Waals surface area contributed by atoms with E-state index >= 15 is 0 Å². The molecule has 0 unspecified atom stereocenters. The van der Waals surface area contributed by atoms with Crippen molar-refractivity contribution in [3.63, 3.8) is 0 Å². The lowest BCUT2D eigenvalue weighted by molar-refractivity contribution is -0.141. The second-order valence-corrected chi connectivity index (χ2v) is 4.84. The van der Waals surface area contributed by atoms with Crippen LogP contribution in [0.5, 0.6) is 5.75 Å². The first kappa shape index (κ1) is 14.1. The van der Waals surface area contributed by atoms with Crippen LogP contribution in [0.4, 0.5) is 13.2 Å². The largest absolute Gasteiger partial charge is 0.492 e. The highest BCUT2D eigenvalue weighted by Crippen LogP contribution is 2.31. The minimum absolute atomic E-state index is 0.0929. The van der Waals surface area contributed by atoms with Gasteiger partial charge in [0.15, 0.2) is 0 Å². The molecule has 0 atom stereocenters. The Morgan fingerprint density at radius 2 is 2.05 bits per heavy atom. The van der Waals surface area contributed by atoms with Gasteiger partial charge in [0.25, 0.3) is 0 Å². The lowest BCUT2D eigenvalue weighted by Gasteiger charge is -2.22. The minimum atomic E-state index is -4.41. The number of nitrogens with zero attached hydrogens (tertiary/aromatic N) is 1. The molecule has 0 aromatic carbocycles. The Labute approximate surface area is 110 Å². The molecule has 2 heterocycles. The zero-order valence-corrected chi connectivity index (χ0v) is 10.8. The van der Waals surface area contributed by atoms with Crippen LogP contribution in [-0.2, 0) is 6.18 Å². The van der Waals surface area contributed by atoms with Gasteiger partial charge in [0.05, 0.1) is 12.8 Å². The molecule has 1 aromatic heterocycles. The van der Waals surface area contributed by atoms with Crippen LogP contribution in [0, 0.1) is 12.8 Å². The number of aryl methyl sites for hydroxylation is 1. The number of piperidine rings is 1. The SMILES string of the molecule is Cc1cc(OCC2CCNCC2)cnc1C(F)(F)F. The van der Waals surface area contributed by atoms with Crippen LogP contribution in [0.1, 0.15) is 24.1 Å². The Bertz CT molecular complexity index is 428. The Morgan fingerprint density at radius 1 is 1.37 bits per heavy atom. The molecule has 0 aliphatic carbocycles. The molecular weight excluding hydrogens is 257 g/mol. The highest BCUT2D eigenvalue weighted by Gasteiger charge is 2.34. The van der Waals surface area contributed by atoms with Crippen LogP contribution in [0.3, 0.4) is 0 Å². The molecule has 1 aromatic rings. The third-order valence-corrected chi connectivity index (χ3v) is 3.27. The van der Waals surface area contributed by atoms with Gasteiger partial charge in [-0.2, -0.15) is 13.2 Å². The second kappa shape index (κ2) is 5.77. The molecular formula is C13H17F3N2O. The standard InChI is InChI=1S/C13H17F3N2O/c1-9-6-11(7-18-12(9)13(14,15)16)19-8-10-2-4-17-5-3-10/h6-7,10,17H,2-5,8H2,1H3. The van der Waals surface area contributed by atoms with E-state index in [4.69, 9.17) is 4.74 Å². The quantitative estimate of drug-likeness (QED) is 0.920. The number of nitrogens with one attached hydrogen (secondary N) is 1. The van der Waals surface area contributed by atoms with Gasteiger partial charge in [-0.3, -0.25) is 0 Å². The fourth-order valence-corrected chi connectivity index (χ4v) is 2.19. The van der Waals surface area contributed by atoms with E-state index in [1.807, 2.05) is 0 Å². The molecule has 1 aliphatic rings. The number of hydrogen-bond donors (Lipinski definition) is 1. The van der Waals surface area contributed by atoms with Crippen molar-refractivity contribution in [1.82, 2.24) is 10.3 Å². The Morgan fingerprint density at radius 3 is 2.63 bits per heavy atom. The van der Waals surface area contributed by atoms with Crippen molar-refractivity contribution < 1.29 is 17.9 Å². The first-order chi connectivity index (χ1) is 8.97. The van der Waals surface area contributed by atoms with Crippen molar-refractivity contribution in [2.75, 3.05) is 19.7 Å². The number of ether oxygens (including phenoxy) is 1. The summed E-state index contributed by atoms with van der Waals surface area (Å²) in [7, 11) is 0. The molecule has 2 rings (SSSR count). The lowest BCUT2D eigenvalue weighted by Crippen LogP contribution is -2.30. The molecule has 1 N–H and O–H groups in total. The van der Waals surface area contributed by atoms with E-state index < -0.39 is 11.9 Å². The topological polar surface area (TPSA) is 34.1 Å². The summed E-state index contributed by atoms with van der Waals surface area (Å²) >= 11 is 0. The van der Waals surface area contributed by atoms with Gasteiger partial charge < -0.3 is 10.1 Å². The maximum Gasteiger partial charge on any atom is 0.433 e. The summed E-state index contributed by atoms with van der Waals surface area (Å²) in [6, 6.07) is 1.40. The van der Waals surface area contributed by atoms with E-state index in [9.17, 15) is 13.2 Å². The molecule has 106 valence electrons. The van der Waals surface area contributed by atoms with E-state index in [0.29, 0.717) is 18.3 Å². The van der Waals surface area contributed by atoms with E-state index in [-0.39, 0.29) is 5.56 Å². The van der Waals surface area contributed by atoms with E-state index in [1.54, 1.807) is 0 Å². The summed E-state index contributed by atoms with van der Waals surface area (Å²) in [6.45, 7) is 3.87. The monoisotopic (exact) mass is 274 g/mol. The smallest absolute Gasteiger partial charge is 0.433 e. The molecule has 0 radical (unpaired) electrons. The number of hydrogen-bond acceptors (Lipinski definition) is 3. The highest BCUT2D eigenvalue weighted by molar-refractivity contribution is 5.29. The highest BCUT2D eigenvalue weighted by atomic mass is 19.4. The van der Waals surface area contributed by atoms with Gasteiger partial charge in [-0.05, 0) is 50.4 Å². The van der Waals surface area contributed by atoms with E-state index in [1.165, 1.54) is 13.0 Å². The van der Waals surface area contributed by atoms with Crippen LogP contribution in [0.15, 0.2) is 12.3 Å². The van der Waals surface area contributed by atoms with Gasteiger partial charge >= 0.3 is 6.18 Å². The van der Waals surface area contributed by atoms with Crippen LogP contribution in [-0.4, -0.2) is 24.7 Å². The number of alkyl halides is 3. The zero-order chi connectivity index (χ0) is 13.9. The van der Waals surface area contributed by atoms with Gasteiger partial charge in [-0.25, -0.2) is 4.98 Å². The average molecular weight is 274 g/mol. The minimum Gasteiger partial charge on any atom is -0.492 e. The first-order valence-electron chi connectivity index (χ1n) is 6.34. The summed E-state index contributed by atoms with van der Waals surface area (Å²) < 4.78 is 43.2. The van der Waals surface area contributed by atoms with Gasteiger partial charge in [-0.15, -0.1) is 0 Å². The van der Waals surface area contributed by atoms with Crippen LogP contribution in [0.25, 0.3) is 0 Å². The van der Waals surface area contributed by atoms with Crippen molar-refractivity contribution in [1.29, 1.82) is 0 Å². The molecule has 0 bridgehead atoms. The van der Waals surface area contributed by atoms with Crippen LogP contribution in [0.2, 0.25) is 0 Å². The average Bonchev–Trinajstić information content (AvgIpc) is 2.36. The predicted molar refractivity (Wildman–Crippen MR) is 65.1 cm³/mol. The van der Waals surface area contributed by atoms with Gasteiger partial charge in [0, 0.05) is 0 Å². The molecule has 0 saturated carbocycles. The van der Waals surface area contributed by atoms with Crippen LogP contribution >= 0.6 is 0 Å². The predicted octanol–water partition coefficient (Wildman–Crippen LogP) is 2.79. The first-order valence-corrected chi connectivity index (χ1v) is 6.34. The van der Waals surface area contributed by atoms with E-state index in [2.05, 4.69) is 10.3 Å². The molecule has 0 spiro atoms. The normalized spacial score (nSPS) is 17.5. The summed E-state index contributed by atoms with van der Waals surface area (Å²) in [5.41, 5.74) is -0.753. The molecule has 19 heavy (non-hydrogen) atoms. The van der Waals surface area contributed by atoms with Gasteiger partial charge in [0.2, 0.25) is 0 Å². The molecule has 1 aliphatic heterocycles. The summed E-state index contributed by atoms with van der Waals surface area (Å²) in [4.78, 5) is 3.45. The Kier molecular flexibility index (Phi) is 4.29. The molecule has 1 saturated heterocycles. The zero-order valence-electron chi connectivity index (χ0n) is 10.8. The van der Waals surface area contributed by atoms with Crippen molar-refractivity contribution in [2.45, 2.75) is 25.9 Å². The van der Waals surface area contributed by atoms with Crippen LogP contribution < -0.4 is 10.1 Å². The van der Waals surface area contributed by atoms with E-state index in [0.717, 1.165) is 32.1 Å².